The zero-order valence-corrected chi connectivity index (χ0v) is 10.4. The fourth-order valence-electron chi connectivity index (χ4n) is 1.90. The second kappa shape index (κ2) is 4.96. The van der Waals surface area contributed by atoms with E-state index in [1.54, 1.807) is 0 Å². The van der Waals surface area contributed by atoms with Crippen molar-refractivity contribution in [2.45, 2.75) is 12.0 Å². The number of halogens is 4. The number of nitrogens with one attached hydrogen (secondary N) is 1. The van der Waals surface area contributed by atoms with Gasteiger partial charge in [-0.15, -0.1) is 0 Å². The van der Waals surface area contributed by atoms with Crippen LogP contribution in [-0.4, -0.2) is 26.2 Å². The Morgan fingerprint density at radius 1 is 1.41 bits per heavy atom. The molecule has 1 aromatic rings. The summed E-state index contributed by atoms with van der Waals surface area (Å²) in [6.07, 6.45) is -2.74. The van der Waals surface area contributed by atoms with Crippen LogP contribution in [0.3, 0.4) is 0 Å². The average Bonchev–Trinajstić information content (AvgIpc) is 2.33. The van der Waals surface area contributed by atoms with E-state index in [0.717, 1.165) is 0 Å². The summed E-state index contributed by atoms with van der Waals surface area (Å²) >= 11 is 3.16. The van der Waals surface area contributed by atoms with Gasteiger partial charge in [0.1, 0.15) is 11.4 Å². The van der Waals surface area contributed by atoms with Crippen molar-refractivity contribution in [3.63, 3.8) is 0 Å². The van der Waals surface area contributed by atoms with Crippen molar-refractivity contribution in [1.82, 2.24) is 5.32 Å². The zero-order valence-electron chi connectivity index (χ0n) is 8.85. The number of rotatable bonds is 2. The molecule has 1 aromatic carbocycles. The lowest BCUT2D eigenvalue weighted by atomic mass is 9.89. The monoisotopic (exact) mass is 309 g/mol. The molecule has 94 valence electrons. The van der Waals surface area contributed by atoms with Gasteiger partial charge in [0.25, 0.3) is 6.43 Å². The summed E-state index contributed by atoms with van der Waals surface area (Å²) in [5, 5.41) is 2.68. The summed E-state index contributed by atoms with van der Waals surface area (Å²) in [6, 6.07) is 4.00. The van der Waals surface area contributed by atoms with Crippen LogP contribution in [0.2, 0.25) is 0 Å². The van der Waals surface area contributed by atoms with Gasteiger partial charge < -0.3 is 4.74 Å². The molecule has 1 N–H and O–H groups in total. The van der Waals surface area contributed by atoms with Gasteiger partial charge in [-0.25, -0.2) is 13.2 Å². The van der Waals surface area contributed by atoms with Crippen LogP contribution in [0.1, 0.15) is 5.56 Å². The molecule has 1 fully saturated rings. The summed E-state index contributed by atoms with van der Waals surface area (Å²) in [6.45, 7) is 0.387. The second-order valence-electron chi connectivity index (χ2n) is 3.88. The summed E-state index contributed by atoms with van der Waals surface area (Å²) in [4.78, 5) is 0. The van der Waals surface area contributed by atoms with Crippen molar-refractivity contribution in [2.75, 3.05) is 19.8 Å². The van der Waals surface area contributed by atoms with Gasteiger partial charge in [-0.05, 0) is 18.2 Å². The van der Waals surface area contributed by atoms with Crippen LogP contribution in [0.25, 0.3) is 0 Å². The van der Waals surface area contributed by atoms with Crippen molar-refractivity contribution in [3.05, 3.63) is 34.1 Å². The Morgan fingerprint density at radius 2 is 2.18 bits per heavy atom. The van der Waals surface area contributed by atoms with E-state index in [2.05, 4.69) is 21.2 Å². The van der Waals surface area contributed by atoms with Crippen molar-refractivity contribution in [1.29, 1.82) is 0 Å². The normalized spacial score (nSPS) is 25.2. The van der Waals surface area contributed by atoms with Crippen LogP contribution in [0.5, 0.6) is 0 Å². The van der Waals surface area contributed by atoms with Crippen LogP contribution >= 0.6 is 15.9 Å². The number of hydrogen-bond acceptors (Lipinski definition) is 2. The molecular formula is C11H11BrF3NO. The molecule has 0 radical (unpaired) electrons. The first-order valence-electron chi connectivity index (χ1n) is 5.13. The molecule has 1 heterocycles. The van der Waals surface area contributed by atoms with E-state index in [4.69, 9.17) is 4.74 Å². The van der Waals surface area contributed by atoms with Crippen LogP contribution < -0.4 is 5.32 Å². The Labute approximate surface area is 105 Å². The van der Waals surface area contributed by atoms with E-state index in [9.17, 15) is 13.2 Å². The highest BCUT2D eigenvalue weighted by molar-refractivity contribution is 9.10. The fraction of sp³-hybridized carbons (Fsp3) is 0.455. The Kier molecular flexibility index (Phi) is 3.75. The number of alkyl halides is 2. The highest BCUT2D eigenvalue weighted by Gasteiger charge is 2.45. The second-order valence-corrected chi connectivity index (χ2v) is 4.79. The standard InChI is InChI=1S/C11H11BrF3NO/c12-7-1-2-9(13)8(5-7)11(10(14)15)6-17-4-3-16-11/h1-2,5,10,16H,3-4,6H2. The molecule has 0 saturated carbocycles. The molecule has 6 heteroatoms. The Bertz CT molecular complexity index is 408. The van der Waals surface area contributed by atoms with Gasteiger partial charge in [0.05, 0.1) is 13.2 Å². The molecule has 0 spiro atoms. The average molecular weight is 310 g/mol. The van der Waals surface area contributed by atoms with E-state index in [1.807, 2.05) is 0 Å². The fourth-order valence-corrected chi connectivity index (χ4v) is 2.26. The number of benzene rings is 1. The third-order valence-electron chi connectivity index (χ3n) is 2.80. The number of hydrogen-bond donors (Lipinski definition) is 1. The highest BCUT2D eigenvalue weighted by Crippen LogP contribution is 2.33. The summed E-state index contributed by atoms with van der Waals surface area (Å²) in [5.74, 6) is -0.661. The van der Waals surface area contributed by atoms with Gasteiger partial charge in [-0.1, -0.05) is 15.9 Å². The lowest BCUT2D eigenvalue weighted by molar-refractivity contribution is -0.0637. The first-order chi connectivity index (χ1) is 8.06. The maximum atomic E-state index is 13.7. The Hall–Kier alpha value is -0.590. The minimum absolute atomic E-state index is 0.0680. The van der Waals surface area contributed by atoms with Crippen LogP contribution in [0, 0.1) is 5.82 Å². The quantitative estimate of drug-likeness (QED) is 0.907. The lowest BCUT2D eigenvalue weighted by Crippen LogP contribution is -2.56. The van der Waals surface area contributed by atoms with Gasteiger partial charge in [-0.2, -0.15) is 0 Å². The highest BCUT2D eigenvalue weighted by atomic mass is 79.9. The molecule has 2 rings (SSSR count). The Balaban J connectivity index is 2.48. The molecule has 1 atom stereocenters. The molecule has 0 amide bonds. The van der Waals surface area contributed by atoms with Gasteiger partial charge in [-0.3, -0.25) is 5.32 Å². The largest absolute Gasteiger partial charge is 0.378 e. The Morgan fingerprint density at radius 3 is 2.76 bits per heavy atom. The first kappa shape index (κ1) is 12.9. The molecule has 0 aromatic heterocycles. The van der Waals surface area contributed by atoms with Crippen LogP contribution in [0.15, 0.2) is 22.7 Å². The summed E-state index contributed by atoms with van der Waals surface area (Å²) in [7, 11) is 0. The van der Waals surface area contributed by atoms with Crippen molar-refractivity contribution >= 4 is 15.9 Å². The zero-order chi connectivity index (χ0) is 12.5. The molecule has 17 heavy (non-hydrogen) atoms. The van der Waals surface area contributed by atoms with Crippen molar-refractivity contribution < 1.29 is 17.9 Å². The maximum Gasteiger partial charge on any atom is 0.262 e. The number of morpholine rings is 1. The van der Waals surface area contributed by atoms with E-state index < -0.39 is 17.8 Å². The third-order valence-corrected chi connectivity index (χ3v) is 3.29. The van der Waals surface area contributed by atoms with E-state index in [0.29, 0.717) is 11.1 Å². The first-order valence-corrected chi connectivity index (χ1v) is 5.92. The van der Waals surface area contributed by atoms with Crippen LogP contribution in [-0.2, 0) is 10.3 Å². The molecule has 1 unspecified atom stereocenters. The smallest absolute Gasteiger partial charge is 0.262 e. The molecule has 1 aliphatic heterocycles. The maximum absolute atomic E-state index is 13.7. The van der Waals surface area contributed by atoms with Crippen molar-refractivity contribution in [3.8, 4) is 0 Å². The molecule has 1 saturated heterocycles. The van der Waals surface area contributed by atoms with Crippen molar-refractivity contribution in [2.24, 2.45) is 0 Å². The topological polar surface area (TPSA) is 21.3 Å². The van der Waals surface area contributed by atoms with Gasteiger partial charge in [0.2, 0.25) is 0 Å². The minimum Gasteiger partial charge on any atom is -0.378 e. The summed E-state index contributed by atoms with van der Waals surface area (Å²) < 4.78 is 45.8. The third kappa shape index (κ3) is 2.34. The van der Waals surface area contributed by atoms with Gasteiger partial charge in [0.15, 0.2) is 0 Å². The van der Waals surface area contributed by atoms with E-state index in [-0.39, 0.29) is 18.7 Å². The molecule has 1 aliphatic rings. The van der Waals surface area contributed by atoms with Crippen LogP contribution in [0.4, 0.5) is 13.2 Å². The number of ether oxygens (including phenoxy) is 1. The van der Waals surface area contributed by atoms with Gasteiger partial charge in [0, 0.05) is 16.6 Å². The summed E-state index contributed by atoms with van der Waals surface area (Å²) in [5.41, 5.74) is -1.83. The SMILES string of the molecule is Fc1ccc(Br)cc1C1(C(F)F)COCCN1. The molecule has 0 aliphatic carbocycles. The lowest BCUT2D eigenvalue weighted by Gasteiger charge is -2.38. The predicted octanol–water partition coefficient (Wildman–Crippen LogP) is 2.67. The molecule has 0 bridgehead atoms. The van der Waals surface area contributed by atoms with Gasteiger partial charge >= 0.3 is 0 Å². The molecule has 2 nitrogen and oxygen atoms in total. The molecular weight excluding hydrogens is 299 g/mol. The van der Waals surface area contributed by atoms with E-state index in [1.165, 1.54) is 18.2 Å². The predicted molar refractivity (Wildman–Crippen MR) is 60.6 cm³/mol. The minimum atomic E-state index is -2.74. The van der Waals surface area contributed by atoms with E-state index >= 15 is 0 Å².